The molecule has 0 spiro atoms. The van der Waals surface area contributed by atoms with Crippen LogP contribution in [0.4, 0.5) is 0 Å². The van der Waals surface area contributed by atoms with E-state index < -0.39 is 23.3 Å². The van der Waals surface area contributed by atoms with Crippen molar-refractivity contribution in [3.05, 3.63) is 106 Å². The molecule has 3 aromatic rings. The fraction of sp³-hybridized carbons (Fsp3) is 0.167. The molecule has 0 saturated carbocycles. The first-order valence-corrected chi connectivity index (χ1v) is 9.84. The maximum atomic E-state index is 12.9. The Labute approximate surface area is 178 Å². The number of aromatic nitrogens is 1. The van der Waals surface area contributed by atoms with Gasteiger partial charge in [-0.05, 0) is 17.5 Å². The summed E-state index contributed by atoms with van der Waals surface area (Å²) >= 11 is 0. The molecule has 1 heterocycles. The van der Waals surface area contributed by atoms with E-state index in [0.717, 1.165) is 17.2 Å². The Hall–Kier alpha value is -4.00. The lowest BCUT2D eigenvalue weighted by atomic mass is 9.98. The van der Waals surface area contributed by atoms with Crippen LogP contribution in [0.15, 0.2) is 77.7 Å². The summed E-state index contributed by atoms with van der Waals surface area (Å²) < 4.78 is 0. The van der Waals surface area contributed by atoms with Gasteiger partial charge >= 0.3 is 5.97 Å². The van der Waals surface area contributed by atoms with Crippen molar-refractivity contribution in [2.45, 2.75) is 25.3 Å². The quantitative estimate of drug-likeness (QED) is 0.461. The van der Waals surface area contributed by atoms with E-state index in [0.29, 0.717) is 0 Å². The van der Waals surface area contributed by atoms with Crippen LogP contribution < -0.4 is 10.7 Å². The molecule has 0 aliphatic carbocycles. The van der Waals surface area contributed by atoms with Gasteiger partial charge in [-0.1, -0.05) is 60.7 Å². The van der Waals surface area contributed by atoms with Gasteiger partial charge in [0.1, 0.15) is 5.56 Å². The second-order valence-electron chi connectivity index (χ2n) is 7.02. The van der Waals surface area contributed by atoms with Gasteiger partial charge in [0.25, 0.3) is 5.91 Å². The van der Waals surface area contributed by atoms with E-state index >= 15 is 0 Å². The maximum Gasteiger partial charge on any atom is 0.303 e. The molecule has 2 aromatic carbocycles. The van der Waals surface area contributed by atoms with Crippen molar-refractivity contribution in [1.29, 1.82) is 0 Å². The number of pyridine rings is 1. The lowest BCUT2D eigenvalue weighted by molar-refractivity contribution is -0.137. The van der Waals surface area contributed by atoms with Crippen LogP contribution in [0.5, 0.6) is 0 Å². The largest absolute Gasteiger partial charge is 0.481 e. The predicted molar refractivity (Wildman–Crippen MR) is 115 cm³/mol. The number of carboxylic acid groups (broad SMARTS) is 1. The summed E-state index contributed by atoms with van der Waals surface area (Å²) in [6.45, 7) is 0. The van der Waals surface area contributed by atoms with Crippen molar-refractivity contribution >= 4 is 17.7 Å². The molecule has 158 valence electrons. The lowest BCUT2D eigenvalue weighted by Crippen LogP contribution is -2.33. The molecule has 0 saturated heterocycles. The molecule has 31 heavy (non-hydrogen) atoms. The number of carboxylic acids is 1. The fourth-order valence-electron chi connectivity index (χ4n) is 3.20. The van der Waals surface area contributed by atoms with Gasteiger partial charge in [0, 0.05) is 25.1 Å². The molecule has 7 nitrogen and oxygen atoms in total. The van der Waals surface area contributed by atoms with Crippen molar-refractivity contribution < 1.29 is 19.5 Å². The Balaban J connectivity index is 1.79. The summed E-state index contributed by atoms with van der Waals surface area (Å²) in [6.07, 6.45) is 1.26. The highest BCUT2D eigenvalue weighted by atomic mass is 16.4. The molecule has 0 unspecified atom stereocenters. The third-order valence-corrected chi connectivity index (χ3v) is 4.79. The number of Topliss-reactive ketones (excluding diaryl/α,β-unsaturated/α-hetero) is 1. The van der Waals surface area contributed by atoms with Gasteiger partial charge in [0.05, 0.1) is 11.7 Å². The molecule has 0 fully saturated rings. The van der Waals surface area contributed by atoms with Crippen LogP contribution in [0.3, 0.4) is 0 Å². The molecule has 0 bridgehead atoms. The minimum Gasteiger partial charge on any atom is -0.481 e. The number of carbonyl (C=O) groups is 3. The van der Waals surface area contributed by atoms with E-state index in [-0.39, 0.29) is 36.3 Å². The minimum atomic E-state index is -0.986. The summed E-state index contributed by atoms with van der Waals surface area (Å²) in [5.41, 5.74) is 1.08. The molecule has 0 aliphatic heterocycles. The topological polar surface area (TPSA) is 116 Å². The molecule has 0 aliphatic rings. The number of hydrogen-bond donors (Lipinski definition) is 3. The molecular weight excluding hydrogens is 396 g/mol. The van der Waals surface area contributed by atoms with E-state index in [1.165, 1.54) is 6.20 Å². The zero-order valence-electron chi connectivity index (χ0n) is 16.7. The molecular formula is C24H22N2O5. The van der Waals surface area contributed by atoms with Crippen molar-refractivity contribution in [2.75, 3.05) is 0 Å². The highest BCUT2D eigenvalue weighted by Gasteiger charge is 2.20. The number of hydrogen-bond acceptors (Lipinski definition) is 4. The Bertz CT molecular complexity index is 1080. The highest BCUT2D eigenvalue weighted by molar-refractivity contribution is 5.97. The SMILES string of the molecule is O=C(O)CCCC(=O)c1cc(=O)c(C(=O)NC(c2ccccc2)c2ccccc2)c[nH]1. The molecule has 3 rings (SSSR count). The van der Waals surface area contributed by atoms with E-state index in [2.05, 4.69) is 10.3 Å². The number of ketones is 1. The number of H-pyrrole nitrogens is 1. The van der Waals surface area contributed by atoms with Crippen LogP contribution in [0.2, 0.25) is 0 Å². The third kappa shape index (κ3) is 5.76. The van der Waals surface area contributed by atoms with Crippen molar-refractivity contribution in [3.63, 3.8) is 0 Å². The van der Waals surface area contributed by atoms with Crippen LogP contribution in [0, 0.1) is 0 Å². The van der Waals surface area contributed by atoms with Gasteiger partial charge in [-0.15, -0.1) is 0 Å². The van der Waals surface area contributed by atoms with Crippen LogP contribution in [0.1, 0.15) is 57.3 Å². The number of aliphatic carboxylic acids is 1. The maximum absolute atomic E-state index is 12.9. The average molecular weight is 418 g/mol. The van der Waals surface area contributed by atoms with Crippen LogP contribution in [-0.2, 0) is 4.79 Å². The van der Waals surface area contributed by atoms with Gasteiger partial charge in [-0.25, -0.2) is 0 Å². The number of carbonyl (C=O) groups excluding carboxylic acids is 2. The Morgan fingerprint density at radius 2 is 1.48 bits per heavy atom. The van der Waals surface area contributed by atoms with Crippen LogP contribution in [-0.4, -0.2) is 27.8 Å². The first-order chi connectivity index (χ1) is 15.0. The summed E-state index contributed by atoms with van der Waals surface area (Å²) in [4.78, 5) is 50.8. The Morgan fingerprint density at radius 1 is 0.903 bits per heavy atom. The monoisotopic (exact) mass is 418 g/mol. The second-order valence-corrected chi connectivity index (χ2v) is 7.02. The summed E-state index contributed by atoms with van der Waals surface area (Å²) in [5.74, 6) is -1.93. The summed E-state index contributed by atoms with van der Waals surface area (Å²) in [6, 6.07) is 19.4. The molecule has 0 radical (unpaired) electrons. The number of nitrogens with one attached hydrogen (secondary N) is 2. The van der Waals surface area contributed by atoms with Crippen molar-refractivity contribution in [2.24, 2.45) is 0 Å². The second kappa shape index (κ2) is 10.2. The first kappa shape index (κ1) is 21.7. The average Bonchev–Trinajstić information content (AvgIpc) is 2.78. The predicted octanol–water partition coefficient (Wildman–Crippen LogP) is 3.33. The van der Waals surface area contributed by atoms with Crippen LogP contribution in [0.25, 0.3) is 0 Å². The lowest BCUT2D eigenvalue weighted by Gasteiger charge is -2.20. The van der Waals surface area contributed by atoms with E-state index in [4.69, 9.17) is 5.11 Å². The summed E-state index contributed by atoms with van der Waals surface area (Å²) in [5, 5.41) is 11.6. The highest BCUT2D eigenvalue weighted by Crippen LogP contribution is 2.22. The van der Waals surface area contributed by atoms with Crippen LogP contribution >= 0.6 is 0 Å². The summed E-state index contributed by atoms with van der Waals surface area (Å²) in [7, 11) is 0. The molecule has 1 aromatic heterocycles. The molecule has 7 heteroatoms. The third-order valence-electron chi connectivity index (χ3n) is 4.79. The minimum absolute atomic E-state index is 0.00211. The van der Waals surface area contributed by atoms with Crippen molar-refractivity contribution in [3.8, 4) is 0 Å². The van der Waals surface area contributed by atoms with E-state index in [1.807, 2.05) is 60.7 Å². The van der Waals surface area contributed by atoms with Gasteiger partial charge < -0.3 is 15.4 Å². The smallest absolute Gasteiger partial charge is 0.303 e. The molecule has 0 atom stereocenters. The van der Waals surface area contributed by atoms with Gasteiger partial charge in [0.2, 0.25) is 0 Å². The van der Waals surface area contributed by atoms with E-state index in [9.17, 15) is 19.2 Å². The van der Waals surface area contributed by atoms with Gasteiger partial charge in [-0.2, -0.15) is 0 Å². The van der Waals surface area contributed by atoms with Crippen molar-refractivity contribution in [1.82, 2.24) is 10.3 Å². The first-order valence-electron chi connectivity index (χ1n) is 9.84. The Morgan fingerprint density at radius 3 is 2.00 bits per heavy atom. The zero-order valence-corrected chi connectivity index (χ0v) is 16.7. The fourth-order valence-corrected chi connectivity index (χ4v) is 3.20. The number of rotatable bonds is 9. The number of benzene rings is 2. The zero-order chi connectivity index (χ0) is 22.2. The standard InChI is InChI=1S/C24H22N2O5/c27-20(12-7-13-22(29)30)19-14-21(28)18(15-25-19)24(31)26-23(16-8-3-1-4-9-16)17-10-5-2-6-11-17/h1-6,8-11,14-15,23H,7,12-13H2,(H,25,28)(H,26,31)(H,29,30). The molecule has 3 N–H and O–H groups in total. The molecule has 1 amide bonds. The van der Waals surface area contributed by atoms with E-state index in [1.54, 1.807) is 0 Å². The number of amides is 1. The Kier molecular flexibility index (Phi) is 7.11. The number of aromatic amines is 1. The van der Waals surface area contributed by atoms with Gasteiger partial charge in [-0.3, -0.25) is 19.2 Å². The van der Waals surface area contributed by atoms with Gasteiger partial charge in [0.15, 0.2) is 11.2 Å². The normalized spacial score (nSPS) is 10.6.